The van der Waals surface area contributed by atoms with Crippen molar-refractivity contribution >= 4 is 18.4 Å². The van der Waals surface area contributed by atoms with Crippen molar-refractivity contribution in [3.63, 3.8) is 0 Å². The predicted molar refractivity (Wildman–Crippen MR) is 91.8 cm³/mol. The van der Waals surface area contributed by atoms with Crippen LogP contribution in [0, 0.1) is 0 Å². The van der Waals surface area contributed by atoms with Gasteiger partial charge in [-0.25, -0.2) is 4.31 Å². The maximum atomic E-state index is 10.1. The molecular weight excluding hydrogens is 272 g/mol. The van der Waals surface area contributed by atoms with Gasteiger partial charge in [0.05, 0.1) is 12.2 Å². The van der Waals surface area contributed by atoms with E-state index < -0.39 is 0 Å². The number of carbonyl (C=O) groups is 1. The van der Waals surface area contributed by atoms with Gasteiger partial charge >= 0.3 is 0 Å². The number of hydrogen-bond donors (Lipinski definition) is 1. The van der Waals surface area contributed by atoms with Crippen molar-refractivity contribution < 1.29 is 9.53 Å². The molecule has 5 heteroatoms. The summed E-state index contributed by atoms with van der Waals surface area (Å²) in [4.78, 5) is 10.1. The Labute approximate surface area is 130 Å². The van der Waals surface area contributed by atoms with E-state index >= 15 is 0 Å². The Bertz CT molecular complexity index is 207. The first kappa shape index (κ1) is 24.5. The zero-order chi connectivity index (χ0) is 16.4. The molecule has 0 aliphatic rings. The summed E-state index contributed by atoms with van der Waals surface area (Å²) in [6.07, 6.45) is 0.711. The fraction of sp³-hybridized carbons (Fsp3) is 0.800. The summed E-state index contributed by atoms with van der Waals surface area (Å²) in [6.45, 7) is 20.7. The van der Waals surface area contributed by atoms with Gasteiger partial charge in [0.25, 0.3) is 0 Å². The highest BCUT2D eigenvalue weighted by atomic mass is 32.2. The van der Waals surface area contributed by atoms with Crippen LogP contribution in [0.15, 0.2) is 12.0 Å². The van der Waals surface area contributed by atoms with E-state index in [1.807, 2.05) is 48.5 Å². The Kier molecular flexibility index (Phi) is 22.6. The topological polar surface area (TPSA) is 41.6 Å². The molecule has 1 N–H and O–H groups in total. The average Bonchev–Trinajstić information content (AvgIpc) is 2.42. The molecule has 0 aromatic heterocycles. The molecule has 0 heterocycles. The lowest BCUT2D eigenvalue weighted by atomic mass is 10.2. The second kappa shape index (κ2) is 18.5. The van der Waals surface area contributed by atoms with E-state index in [-0.39, 0.29) is 5.60 Å². The highest BCUT2D eigenvalue weighted by molar-refractivity contribution is 7.99. The van der Waals surface area contributed by atoms with Gasteiger partial charge in [0.2, 0.25) is 6.41 Å². The van der Waals surface area contributed by atoms with E-state index in [0.29, 0.717) is 19.6 Å². The Morgan fingerprint density at radius 3 is 2.15 bits per heavy atom. The zero-order valence-corrected chi connectivity index (χ0v) is 15.2. The van der Waals surface area contributed by atoms with Crippen LogP contribution in [0.5, 0.6) is 0 Å². The monoisotopic (exact) mass is 306 g/mol. The Morgan fingerprint density at radius 2 is 1.75 bits per heavy atom. The van der Waals surface area contributed by atoms with Gasteiger partial charge in [-0.15, -0.1) is 0 Å². The fourth-order valence-corrected chi connectivity index (χ4v) is 1.61. The molecule has 0 saturated carbocycles. The van der Waals surface area contributed by atoms with Gasteiger partial charge < -0.3 is 10.1 Å². The molecule has 0 aliphatic heterocycles. The second-order valence-electron chi connectivity index (χ2n) is 4.23. The van der Waals surface area contributed by atoms with Gasteiger partial charge in [0, 0.05) is 19.6 Å². The number of hydrogen-bond acceptors (Lipinski definition) is 4. The highest BCUT2D eigenvalue weighted by Gasteiger charge is 2.11. The van der Waals surface area contributed by atoms with E-state index in [9.17, 15) is 4.79 Å². The minimum absolute atomic E-state index is 0.106. The van der Waals surface area contributed by atoms with Crippen molar-refractivity contribution in [1.82, 2.24) is 9.62 Å². The van der Waals surface area contributed by atoms with Crippen LogP contribution in [0.25, 0.3) is 0 Å². The average molecular weight is 307 g/mol. The molecule has 0 aromatic rings. The third-order valence-electron chi connectivity index (χ3n) is 1.69. The van der Waals surface area contributed by atoms with Crippen LogP contribution < -0.4 is 5.32 Å². The highest BCUT2D eigenvalue weighted by Crippen LogP contribution is 2.11. The third-order valence-corrected chi connectivity index (χ3v) is 2.50. The van der Waals surface area contributed by atoms with Crippen molar-refractivity contribution in [1.29, 1.82) is 0 Å². The van der Waals surface area contributed by atoms with Crippen LogP contribution in [0.4, 0.5) is 0 Å². The van der Waals surface area contributed by atoms with E-state index in [1.54, 1.807) is 5.41 Å². The quantitative estimate of drug-likeness (QED) is 0.401. The first-order chi connectivity index (χ1) is 9.49. The van der Waals surface area contributed by atoms with Crippen molar-refractivity contribution in [3.8, 4) is 0 Å². The van der Waals surface area contributed by atoms with Crippen molar-refractivity contribution in [3.05, 3.63) is 12.0 Å². The summed E-state index contributed by atoms with van der Waals surface area (Å²) in [5.41, 5.74) is -0.106. The smallest absolute Gasteiger partial charge is 0.207 e. The molecule has 4 nitrogen and oxygen atoms in total. The molecule has 0 aliphatic carbocycles. The lowest BCUT2D eigenvalue weighted by Crippen LogP contribution is -2.31. The molecule has 20 heavy (non-hydrogen) atoms. The molecule has 122 valence electrons. The van der Waals surface area contributed by atoms with Crippen LogP contribution in [-0.4, -0.2) is 42.6 Å². The number of nitrogens with zero attached hydrogens (tertiary/aromatic N) is 1. The number of rotatable bonds is 9. The first-order valence-electron chi connectivity index (χ1n) is 7.33. The molecule has 0 spiro atoms. The van der Waals surface area contributed by atoms with Crippen LogP contribution in [0.3, 0.4) is 0 Å². The van der Waals surface area contributed by atoms with E-state index in [1.165, 1.54) is 11.9 Å². The van der Waals surface area contributed by atoms with Crippen LogP contribution in [-0.2, 0) is 9.53 Å². The van der Waals surface area contributed by atoms with Crippen molar-refractivity contribution in [2.45, 2.75) is 54.1 Å². The molecule has 0 saturated heterocycles. The second-order valence-corrected chi connectivity index (χ2v) is 5.29. The molecule has 0 radical (unpaired) electrons. The van der Waals surface area contributed by atoms with Gasteiger partial charge in [-0.2, -0.15) is 0 Å². The number of ether oxygens (including phenoxy) is 1. The third kappa shape index (κ3) is 22.6. The van der Waals surface area contributed by atoms with Crippen LogP contribution >= 0.6 is 11.9 Å². The summed E-state index contributed by atoms with van der Waals surface area (Å²) >= 11 is 1.54. The van der Waals surface area contributed by atoms with Crippen LogP contribution in [0.2, 0.25) is 0 Å². The lowest BCUT2D eigenvalue weighted by molar-refractivity contribution is -0.109. The number of amides is 1. The molecular formula is C15H34N2O2S. The SMILES string of the molecule is C=CSN(CCNC=O)CCOC(C)(C)C.CC.CC. The van der Waals surface area contributed by atoms with Crippen molar-refractivity contribution in [2.24, 2.45) is 0 Å². The van der Waals surface area contributed by atoms with E-state index in [4.69, 9.17) is 4.74 Å². The predicted octanol–water partition coefficient (Wildman–Crippen LogP) is 3.69. The zero-order valence-electron chi connectivity index (χ0n) is 14.4. The molecule has 0 unspecified atom stereocenters. The van der Waals surface area contributed by atoms with E-state index in [2.05, 4.69) is 16.2 Å². The van der Waals surface area contributed by atoms with Gasteiger partial charge in [-0.3, -0.25) is 4.79 Å². The van der Waals surface area contributed by atoms with Gasteiger partial charge in [-0.1, -0.05) is 46.2 Å². The molecule has 1 amide bonds. The maximum Gasteiger partial charge on any atom is 0.207 e. The van der Waals surface area contributed by atoms with Crippen LogP contribution in [0.1, 0.15) is 48.5 Å². The van der Waals surface area contributed by atoms with Crippen molar-refractivity contribution in [2.75, 3.05) is 26.2 Å². The normalized spacial score (nSPS) is 9.80. The largest absolute Gasteiger partial charge is 0.374 e. The summed E-state index contributed by atoms with van der Waals surface area (Å²) in [7, 11) is 0. The summed E-state index contributed by atoms with van der Waals surface area (Å²) in [5, 5.41) is 4.41. The van der Waals surface area contributed by atoms with E-state index in [0.717, 1.165) is 13.1 Å². The Hall–Kier alpha value is -0.520. The fourth-order valence-electron chi connectivity index (χ4n) is 1.02. The van der Waals surface area contributed by atoms with Gasteiger partial charge in [-0.05, 0) is 26.2 Å². The summed E-state index contributed by atoms with van der Waals surface area (Å²) < 4.78 is 7.74. The summed E-state index contributed by atoms with van der Waals surface area (Å²) in [6, 6.07) is 0. The summed E-state index contributed by atoms with van der Waals surface area (Å²) in [5.74, 6) is 0. The lowest BCUT2D eigenvalue weighted by Gasteiger charge is -2.23. The first-order valence-corrected chi connectivity index (χ1v) is 8.17. The Morgan fingerprint density at radius 1 is 1.20 bits per heavy atom. The molecule has 0 atom stereocenters. The minimum atomic E-state index is -0.106. The minimum Gasteiger partial charge on any atom is -0.374 e. The maximum absolute atomic E-state index is 10.1. The van der Waals surface area contributed by atoms with Gasteiger partial charge in [0.15, 0.2) is 0 Å². The molecule has 0 fully saturated rings. The number of carbonyl (C=O) groups excluding carboxylic acids is 1. The molecule has 0 bridgehead atoms. The molecule has 0 aromatic carbocycles. The Balaban J connectivity index is -0.000000656. The number of nitrogens with one attached hydrogen (secondary N) is 1. The standard InChI is InChI=1S/C11H22N2O2S.2C2H6/c1-5-16-13(7-6-12-10-14)8-9-15-11(2,3)4;2*1-2/h5,10H,1,6-9H2,2-4H3,(H,12,14);2*1-2H3. The molecule has 0 rings (SSSR count). The van der Waals surface area contributed by atoms with Gasteiger partial charge in [0.1, 0.15) is 0 Å².